The maximum Gasteiger partial charge on any atom is 0.0714 e. The van der Waals surface area contributed by atoms with Crippen molar-refractivity contribution in [1.29, 1.82) is 0 Å². The van der Waals surface area contributed by atoms with Crippen LogP contribution in [0.5, 0.6) is 0 Å². The molecule has 2 aliphatic rings. The molecule has 0 saturated carbocycles. The van der Waals surface area contributed by atoms with E-state index in [0.29, 0.717) is 11.1 Å². The zero-order valence-electron chi connectivity index (χ0n) is 65.9. The van der Waals surface area contributed by atoms with Gasteiger partial charge in [-0.2, -0.15) is 0 Å². The molecule has 13 rings (SSSR count). The van der Waals surface area contributed by atoms with Crippen molar-refractivity contribution in [3.63, 3.8) is 0 Å². The average Bonchev–Trinajstić information content (AvgIpc) is 1.52. The molecule has 0 saturated heterocycles. The highest BCUT2D eigenvalue weighted by Gasteiger charge is 2.46. The summed E-state index contributed by atoms with van der Waals surface area (Å²) in [5.74, 6) is 0. The Balaban J connectivity index is 1.22. The molecule has 1 heteroatoms. The summed E-state index contributed by atoms with van der Waals surface area (Å²) in [6.07, 6.45) is 0. The second kappa shape index (κ2) is 16.1. The summed E-state index contributed by atoms with van der Waals surface area (Å²) >= 11 is 0. The van der Waals surface area contributed by atoms with Crippen LogP contribution in [0.15, 0.2) is 260 Å². The molecule has 0 aliphatic heterocycles. The smallest absolute Gasteiger partial charge is 0.0714 e. The molecule has 0 heterocycles. The third kappa shape index (κ3) is 6.38. The van der Waals surface area contributed by atoms with Gasteiger partial charge in [0, 0.05) is 30.7 Å². The predicted molar refractivity (Wildman–Crippen MR) is 290 cm³/mol. The van der Waals surface area contributed by atoms with Crippen molar-refractivity contribution >= 4 is 27.8 Å². The van der Waals surface area contributed by atoms with Gasteiger partial charge in [-0.3, -0.25) is 0 Å². The molecule has 0 amide bonds. The van der Waals surface area contributed by atoms with Crippen molar-refractivity contribution in [1.82, 2.24) is 0 Å². The van der Waals surface area contributed by atoms with Gasteiger partial charge < -0.3 is 4.90 Å². The van der Waals surface area contributed by atoms with Gasteiger partial charge in [0.1, 0.15) is 0 Å². The molecule has 11 aromatic rings. The Bertz CT molecular complexity index is 5250. The largest absolute Gasteiger partial charge is 0.310 e. The first-order chi connectivity index (χ1) is 46.5. The fourth-order valence-corrected chi connectivity index (χ4v) is 9.71. The van der Waals surface area contributed by atoms with Crippen LogP contribution < -0.4 is 4.90 Å². The molecule has 1 nitrogen and oxygen atoms in total. The molecule has 69 heavy (non-hydrogen) atoms. The van der Waals surface area contributed by atoms with Gasteiger partial charge in [-0.1, -0.05) is 238 Å². The molecule has 0 fully saturated rings. The highest BCUT2D eigenvalue weighted by atomic mass is 15.1. The van der Waals surface area contributed by atoms with Crippen molar-refractivity contribution < 1.29 is 41.1 Å². The van der Waals surface area contributed by atoms with Gasteiger partial charge in [0.05, 0.1) is 38.3 Å². The quantitative estimate of drug-likeness (QED) is 0.147. The lowest BCUT2D eigenvalue weighted by molar-refractivity contribution is 0.660. The molecule has 0 radical (unpaired) electrons. The summed E-state index contributed by atoms with van der Waals surface area (Å²) < 4.78 is 283. The van der Waals surface area contributed by atoms with Crippen LogP contribution in [0.1, 0.15) is 88.2 Å². The van der Waals surface area contributed by atoms with Gasteiger partial charge in [-0.25, -0.2) is 0 Å². The topological polar surface area (TPSA) is 3.24 Å². The van der Waals surface area contributed by atoms with Crippen molar-refractivity contribution in [2.45, 2.75) is 24.5 Å². The molecular weight excluding hydrogens is 831 g/mol. The first kappa shape index (κ1) is 20.4. The van der Waals surface area contributed by atoms with Gasteiger partial charge in [0.25, 0.3) is 0 Å². The molecule has 0 atom stereocenters. The van der Waals surface area contributed by atoms with Crippen LogP contribution in [0, 0.1) is 0 Å². The van der Waals surface area contributed by atoms with Crippen LogP contribution in [0.4, 0.5) is 17.1 Å². The highest BCUT2D eigenvalue weighted by molar-refractivity contribution is 6.04. The first-order valence-corrected chi connectivity index (χ1v) is 21.7. The summed E-state index contributed by atoms with van der Waals surface area (Å²) in [5.41, 5.74) is -14.8. The van der Waals surface area contributed by atoms with E-state index >= 15 is 0 Å². The molecule has 0 N–H and O–H groups in total. The second-order valence-corrected chi connectivity index (χ2v) is 16.5. The van der Waals surface area contributed by atoms with Gasteiger partial charge in [0.2, 0.25) is 0 Å². The molecule has 2 aliphatic carbocycles. The monoisotopic (exact) mass is 910 g/mol. The zero-order valence-corrected chi connectivity index (χ0v) is 35.9. The standard InChI is InChI=1S/C68H49N/c1-67(2)62-28-16-14-26-58(62)60-42-39-54(44-64(60)67)69(55-40-43-61-59-27-15-17-29-63(59)68(65(61)45-55,51-21-8-4-9-22-51)52-23-10-5-11-24-52)53-37-34-49(35-38-53)57-41-36-48-20-12-13-25-56(48)66(57)50-32-30-47(31-33-50)46-18-6-3-7-19-46/h3-45H,1-2H3/i1D3,2D3,4D,5D,8D,9D,10D,11D,14D,15D,16D,17D,21D,22D,23D,24D,26D,27D,28D,29D,39D,40D,42D,43D,44D,45D. The molecule has 0 aromatic heterocycles. The lowest BCUT2D eigenvalue weighted by Gasteiger charge is -2.35. The second-order valence-electron chi connectivity index (χ2n) is 16.5. The van der Waals surface area contributed by atoms with Gasteiger partial charge in [0.15, 0.2) is 0 Å². The summed E-state index contributed by atoms with van der Waals surface area (Å²) in [6.45, 7) is -7.91. The third-order valence-corrected chi connectivity index (χ3v) is 12.8. The number of rotatable bonds is 8. The average molecular weight is 910 g/mol. The molecule has 0 spiro atoms. The Morgan fingerprint density at radius 1 is 0.362 bits per heavy atom. The van der Waals surface area contributed by atoms with Crippen LogP contribution in [0.25, 0.3) is 66.4 Å². The number of anilines is 3. The number of hydrogen-bond acceptors (Lipinski definition) is 1. The van der Waals surface area contributed by atoms with Gasteiger partial charge >= 0.3 is 0 Å². The van der Waals surface area contributed by atoms with Crippen LogP contribution >= 0.6 is 0 Å². The summed E-state index contributed by atoms with van der Waals surface area (Å²) in [4.78, 5) is 0.730. The number of hydrogen-bond donors (Lipinski definition) is 0. The van der Waals surface area contributed by atoms with E-state index in [2.05, 4.69) is 0 Å². The first-order valence-electron chi connectivity index (χ1n) is 36.7. The molecular formula is C68H49N. The Labute approximate surface area is 447 Å². The minimum atomic E-state index is -3.96. The van der Waals surface area contributed by atoms with Crippen molar-refractivity contribution in [2.24, 2.45) is 0 Å². The Hall–Kier alpha value is -8.52. The van der Waals surface area contributed by atoms with Crippen LogP contribution in [0.2, 0.25) is 0 Å². The molecule has 326 valence electrons. The van der Waals surface area contributed by atoms with Crippen molar-refractivity contribution in [3.05, 3.63) is 294 Å². The van der Waals surface area contributed by atoms with Gasteiger partial charge in [-0.05, 0) is 136 Å². The molecule has 0 bridgehead atoms. The maximum atomic E-state index is 10.9. The third-order valence-electron chi connectivity index (χ3n) is 12.8. The van der Waals surface area contributed by atoms with Crippen molar-refractivity contribution in [2.75, 3.05) is 4.90 Å². The van der Waals surface area contributed by atoms with E-state index in [9.17, 15) is 27.4 Å². The van der Waals surface area contributed by atoms with E-state index < -0.39 is 237 Å². The minimum Gasteiger partial charge on any atom is -0.310 e. The fourth-order valence-electron chi connectivity index (χ4n) is 9.71. The van der Waals surface area contributed by atoms with Gasteiger partial charge in [-0.15, -0.1) is 0 Å². The Morgan fingerprint density at radius 2 is 0.884 bits per heavy atom. The fraction of sp³-hybridized carbons (Fsp3) is 0.0588. The highest BCUT2D eigenvalue weighted by Crippen LogP contribution is 2.58. The van der Waals surface area contributed by atoms with E-state index in [1.165, 1.54) is 24.3 Å². The lowest BCUT2D eigenvalue weighted by Crippen LogP contribution is -2.28. The number of fused-ring (bicyclic) bond motifs is 7. The Kier molecular flexibility index (Phi) is 4.75. The molecule has 11 aromatic carbocycles. The zero-order chi connectivity index (χ0) is 72.0. The molecule has 0 unspecified atom stereocenters. The predicted octanol–water partition coefficient (Wildman–Crippen LogP) is 18.0. The summed E-state index contributed by atoms with van der Waals surface area (Å²) in [5, 5.41) is 1.64. The van der Waals surface area contributed by atoms with E-state index in [4.69, 9.17) is 13.7 Å². The summed E-state index contributed by atoms with van der Waals surface area (Å²) in [7, 11) is 0. The number of benzene rings is 11. The van der Waals surface area contributed by atoms with Crippen LogP contribution in [0.3, 0.4) is 0 Å². The SMILES string of the molecule is [2H]c1c([2H])c([2H])c(C2(c3c([2H])c([2H])c([2H])c([2H])c3[2H])c3c([2H])c([2H])c([2H])c([2H])c3-c3c([2H])c([2H])c(N(c4ccc(-c5ccc6ccccc6c5-c5ccc(-c6ccccc6)cc5)cc4)c4c([2H])c([2H])c5c(c4[2H])C(C([2H])([2H])[2H])(C([2H])([2H])[2H])c4c([2H])c([2H])c([2H])c([2H])c4-5)c([2H])c32)c([2H])c1[2H]. The number of nitrogens with zero attached hydrogens (tertiary/aromatic N) is 1. The van der Waals surface area contributed by atoms with E-state index in [1.54, 1.807) is 0 Å². The lowest BCUT2D eigenvalue weighted by atomic mass is 9.67. The minimum absolute atomic E-state index is 0.361. The van der Waals surface area contributed by atoms with E-state index in [1.807, 2.05) is 91.0 Å². The van der Waals surface area contributed by atoms with E-state index in [-0.39, 0.29) is 5.69 Å². The van der Waals surface area contributed by atoms with Crippen LogP contribution in [-0.2, 0) is 10.8 Å². The normalized spacial score (nSPS) is 20.1. The van der Waals surface area contributed by atoms with Crippen molar-refractivity contribution in [3.8, 4) is 55.6 Å². The summed E-state index contributed by atoms with van der Waals surface area (Å²) in [6, 6.07) is 7.03. The van der Waals surface area contributed by atoms with Crippen LogP contribution in [-0.4, -0.2) is 0 Å². The van der Waals surface area contributed by atoms with E-state index in [0.717, 1.165) is 37.9 Å². The maximum absolute atomic E-state index is 10.9. The Morgan fingerprint density at radius 3 is 1.57 bits per heavy atom.